The van der Waals surface area contributed by atoms with Crippen molar-refractivity contribution in [2.24, 2.45) is 4.99 Å². The molecule has 154 valence electrons. The molecule has 1 unspecified atom stereocenters. The molecular formula is C20H36N4O3. The van der Waals surface area contributed by atoms with E-state index in [-0.39, 0.29) is 6.10 Å². The van der Waals surface area contributed by atoms with E-state index in [0.29, 0.717) is 12.5 Å². The molecule has 0 saturated heterocycles. The Balaban J connectivity index is 2.50. The summed E-state index contributed by atoms with van der Waals surface area (Å²) < 4.78 is 10.7. The molecule has 0 aliphatic rings. The van der Waals surface area contributed by atoms with Gasteiger partial charge in [-0.2, -0.15) is 0 Å². The van der Waals surface area contributed by atoms with Crippen molar-refractivity contribution in [3.05, 3.63) is 29.8 Å². The van der Waals surface area contributed by atoms with E-state index in [1.807, 2.05) is 45.0 Å². The quantitative estimate of drug-likeness (QED) is 0.378. The molecule has 3 N–H and O–H groups in total. The highest BCUT2D eigenvalue weighted by molar-refractivity contribution is 5.79. The van der Waals surface area contributed by atoms with Crippen LogP contribution in [-0.2, 0) is 4.74 Å². The van der Waals surface area contributed by atoms with Crippen LogP contribution in [0.2, 0.25) is 0 Å². The first-order valence-corrected chi connectivity index (χ1v) is 9.60. The van der Waals surface area contributed by atoms with Gasteiger partial charge in [-0.3, -0.25) is 4.99 Å². The van der Waals surface area contributed by atoms with Crippen molar-refractivity contribution in [3.63, 3.8) is 0 Å². The first kappa shape index (κ1) is 23.2. The molecule has 1 atom stereocenters. The van der Waals surface area contributed by atoms with Crippen LogP contribution in [0.3, 0.4) is 0 Å². The zero-order valence-corrected chi connectivity index (χ0v) is 17.4. The Morgan fingerprint density at radius 3 is 2.48 bits per heavy atom. The molecule has 0 saturated carbocycles. The van der Waals surface area contributed by atoms with Gasteiger partial charge in [-0.05, 0) is 45.5 Å². The van der Waals surface area contributed by atoms with Gasteiger partial charge >= 0.3 is 0 Å². The Morgan fingerprint density at radius 2 is 1.89 bits per heavy atom. The van der Waals surface area contributed by atoms with Crippen molar-refractivity contribution in [3.8, 4) is 5.75 Å². The average Bonchev–Trinajstić information content (AvgIpc) is 2.64. The Hall–Kier alpha value is -1.83. The van der Waals surface area contributed by atoms with E-state index in [2.05, 4.69) is 27.6 Å². The summed E-state index contributed by atoms with van der Waals surface area (Å²) in [6.07, 6.45) is -0.523. The smallest absolute Gasteiger partial charge is 0.191 e. The molecule has 0 aliphatic carbocycles. The summed E-state index contributed by atoms with van der Waals surface area (Å²) in [6.45, 7) is 10.3. The largest absolute Gasteiger partial charge is 0.491 e. The Labute approximate surface area is 163 Å². The standard InChI is InChI=1S/C20H36N4O3/c1-6-21-20(22-11-12-24(4)13-14-26-5)23-15-19(25)17-7-9-18(10-8-17)27-16(2)3/h7-10,16,19,25H,6,11-15H2,1-5H3,(H2,21,22,23). The van der Waals surface area contributed by atoms with Crippen molar-refractivity contribution in [2.75, 3.05) is 53.5 Å². The molecule has 0 radical (unpaired) electrons. The van der Waals surface area contributed by atoms with Gasteiger partial charge in [0.25, 0.3) is 0 Å². The number of guanidine groups is 1. The molecular weight excluding hydrogens is 344 g/mol. The minimum atomic E-state index is -0.655. The summed E-state index contributed by atoms with van der Waals surface area (Å²) in [6, 6.07) is 7.51. The van der Waals surface area contributed by atoms with E-state index >= 15 is 0 Å². The third kappa shape index (κ3) is 10.2. The van der Waals surface area contributed by atoms with E-state index in [9.17, 15) is 5.11 Å². The van der Waals surface area contributed by atoms with E-state index < -0.39 is 6.10 Å². The number of nitrogens with one attached hydrogen (secondary N) is 2. The molecule has 1 rings (SSSR count). The highest BCUT2D eigenvalue weighted by atomic mass is 16.5. The number of likely N-dealkylation sites (N-methyl/N-ethyl adjacent to an activating group) is 1. The molecule has 0 spiro atoms. The maximum Gasteiger partial charge on any atom is 0.191 e. The van der Waals surface area contributed by atoms with Crippen molar-refractivity contribution in [1.82, 2.24) is 15.5 Å². The Bertz CT molecular complexity index is 535. The lowest BCUT2D eigenvalue weighted by molar-refractivity contribution is 0.162. The normalized spacial score (nSPS) is 13.1. The number of aliphatic hydroxyl groups excluding tert-OH is 1. The second-order valence-corrected chi connectivity index (χ2v) is 6.69. The number of benzene rings is 1. The van der Waals surface area contributed by atoms with Gasteiger partial charge in [0.2, 0.25) is 0 Å². The van der Waals surface area contributed by atoms with Crippen molar-refractivity contribution >= 4 is 5.96 Å². The van der Waals surface area contributed by atoms with E-state index in [1.165, 1.54) is 0 Å². The lowest BCUT2D eigenvalue weighted by Crippen LogP contribution is -2.41. The maximum atomic E-state index is 10.4. The van der Waals surface area contributed by atoms with Crippen LogP contribution >= 0.6 is 0 Å². The lowest BCUT2D eigenvalue weighted by atomic mass is 10.1. The molecule has 0 bridgehead atoms. The van der Waals surface area contributed by atoms with E-state index in [4.69, 9.17) is 9.47 Å². The zero-order chi connectivity index (χ0) is 20.1. The number of ether oxygens (including phenoxy) is 2. The molecule has 0 fully saturated rings. The number of hydrogen-bond acceptors (Lipinski definition) is 5. The third-order valence-electron chi connectivity index (χ3n) is 3.87. The van der Waals surface area contributed by atoms with Gasteiger partial charge in [-0.15, -0.1) is 0 Å². The number of nitrogens with zero attached hydrogens (tertiary/aromatic N) is 2. The van der Waals surface area contributed by atoms with Gasteiger partial charge in [0.15, 0.2) is 5.96 Å². The van der Waals surface area contributed by atoms with Gasteiger partial charge in [0.1, 0.15) is 5.75 Å². The Morgan fingerprint density at radius 1 is 1.19 bits per heavy atom. The number of aliphatic imine (C=N–C) groups is 1. The van der Waals surface area contributed by atoms with Crippen LogP contribution in [-0.4, -0.2) is 75.6 Å². The van der Waals surface area contributed by atoms with Gasteiger partial charge in [0.05, 0.1) is 25.4 Å². The predicted octanol–water partition coefficient (Wildman–Crippen LogP) is 1.64. The summed E-state index contributed by atoms with van der Waals surface area (Å²) in [5.41, 5.74) is 0.824. The maximum absolute atomic E-state index is 10.4. The number of rotatable bonds is 12. The SMILES string of the molecule is CCNC(=NCC(O)c1ccc(OC(C)C)cc1)NCCN(C)CCOC. The van der Waals surface area contributed by atoms with Crippen molar-refractivity contribution in [2.45, 2.75) is 33.0 Å². The summed E-state index contributed by atoms with van der Waals surface area (Å²) in [5, 5.41) is 16.9. The molecule has 7 nitrogen and oxygen atoms in total. The fourth-order valence-corrected chi connectivity index (χ4v) is 2.39. The molecule has 1 aromatic carbocycles. The summed E-state index contributed by atoms with van der Waals surface area (Å²) in [5.74, 6) is 1.51. The molecule has 0 aliphatic heterocycles. The minimum Gasteiger partial charge on any atom is -0.491 e. The molecule has 0 heterocycles. The van der Waals surface area contributed by atoms with Crippen molar-refractivity contribution < 1.29 is 14.6 Å². The Kier molecular flexibility index (Phi) is 11.5. The summed E-state index contributed by atoms with van der Waals surface area (Å²) in [4.78, 5) is 6.68. The van der Waals surface area contributed by atoms with Gasteiger partial charge in [-0.1, -0.05) is 12.1 Å². The molecule has 27 heavy (non-hydrogen) atoms. The first-order chi connectivity index (χ1) is 13.0. The van der Waals surface area contributed by atoms with Crippen LogP contribution in [0, 0.1) is 0 Å². The lowest BCUT2D eigenvalue weighted by Gasteiger charge is -2.18. The number of methoxy groups -OCH3 is 1. The first-order valence-electron chi connectivity index (χ1n) is 9.60. The second-order valence-electron chi connectivity index (χ2n) is 6.69. The van der Waals surface area contributed by atoms with Gasteiger partial charge in [0, 0.05) is 33.3 Å². The predicted molar refractivity (Wildman–Crippen MR) is 111 cm³/mol. The van der Waals surface area contributed by atoms with Crippen LogP contribution in [0.25, 0.3) is 0 Å². The molecule has 0 aromatic heterocycles. The van der Waals surface area contributed by atoms with Crippen LogP contribution in [0.5, 0.6) is 5.75 Å². The highest BCUT2D eigenvalue weighted by Gasteiger charge is 2.08. The fourth-order valence-electron chi connectivity index (χ4n) is 2.39. The number of hydrogen-bond donors (Lipinski definition) is 3. The number of aliphatic hydroxyl groups is 1. The third-order valence-corrected chi connectivity index (χ3v) is 3.87. The zero-order valence-electron chi connectivity index (χ0n) is 17.4. The fraction of sp³-hybridized carbons (Fsp3) is 0.650. The van der Waals surface area contributed by atoms with E-state index in [0.717, 1.165) is 44.1 Å². The molecule has 7 heteroatoms. The van der Waals surface area contributed by atoms with Crippen LogP contribution in [0.1, 0.15) is 32.4 Å². The van der Waals surface area contributed by atoms with E-state index in [1.54, 1.807) is 7.11 Å². The van der Waals surface area contributed by atoms with Crippen molar-refractivity contribution in [1.29, 1.82) is 0 Å². The minimum absolute atomic E-state index is 0.132. The second kappa shape index (κ2) is 13.4. The molecule has 0 amide bonds. The van der Waals surface area contributed by atoms with Crippen LogP contribution in [0.15, 0.2) is 29.3 Å². The summed E-state index contributed by atoms with van der Waals surface area (Å²) in [7, 11) is 3.76. The molecule has 1 aromatic rings. The van der Waals surface area contributed by atoms with Gasteiger partial charge in [-0.25, -0.2) is 0 Å². The topological polar surface area (TPSA) is 78.4 Å². The van der Waals surface area contributed by atoms with Crippen LogP contribution < -0.4 is 15.4 Å². The van der Waals surface area contributed by atoms with Gasteiger partial charge < -0.3 is 30.1 Å². The monoisotopic (exact) mass is 380 g/mol. The summed E-state index contributed by atoms with van der Waals surface area (Å²) >= 11 is 0. The average molecular weight is 381 g/mol. The van der Waals surface area contributed by atoms with Crippen LogP contribution in [0.4, 0.5) is 0 Å². The highest BCUT2D eigenvalue weighted by Crippen LogP contribution is 2.19.